The summed E-state index contributed by atoms with van der Waals surface area (Å²) >= 11 is 0. The lowest BCUT2D eigenvalue weighted by atomic mass is 10.1. The normalized spacial score (nSPS) is 11.5. The van der Waals surface area contributed by atoms with E-state index >= 15 is 0 Å². The summed E-state index contributed by atoms with van der Waals surface area (Å²) in [5, 5.41) is 25.7. The maximum Gasteiger partial charge on any atom is 0.490 e. The number of furan rings is 1. The van der Waals surface area contributed by atoms with E-state index in [2.05, 4.69) is 5.32 Å². The number of aliphatic hydroxyl groups is 1. The molecule has 33 heavy (non-hydrogen) atoms. The highest BCUT2D eigenvalue weighted by Gasteiger charge is 2.38. The summed E-state index contributed by atoms with van der Waals surface area (Å²) < 4.78 is 42.4. The van der Waals surface area contributed by atoms with E-state index in [1.807, 2.05) is 0 Å². The number of carboxylic acids is 1. The van der Waals surface area contributed by atoms with Crippen LogP contribution >= 0.6 is 0 Å². The number of ether oxygens (including phenoxy) is 1. The number of nitrogens with one attached hydrogen (secondary N) is 2. The number of hydrogen-bond donors (Lipinski definition) is 5. The van der Waals surface area contributed by atoms with Gasteiger partial charge in [0.2, 0.25) is 11.7 Å². The molecule has 1 aromatic carbocycles. The molecule has 1 aromatic heterocycles. The maximum absolute atomic E-state index is 12.1. The van der Waals surface area contributed by atoms with E-state index in [1.54, 1.807) is 25.1 Å². The number of aliphatic hydroxyl groups excluding tert-OH is 1. The summed E-state index contributed by atoms with van der Waals surface area (Å²) in [5.74, 6) is -3.25. The molecular formula is C20H22F3N3O7. The lowest BCUT2D eigenvalue weighted by Gasteiger charge is -2.09. The van der Waals surface area contributed by atoms with Gasteiger partial charge in [-0.05, 0) is 36.4 Å². The molecule has 13 heteroatoms. The van der Waals surface area contributed by atoms with Crippen molar-refractivity contribution < 1.29 is 46.9 Å². The summed E-state index contributed by atoms with van der Waals surface area (Å²) in [7, 11) is 0. The van der Waals surface area contributed by atoms with Crippen molar-refractivity contribution >= 4 is 23.7 Å². The van der Waals surface area contributed by atoms with Gasteiger partial charge in [0.15, 0.2) is 0 Å². The number of carbonyl (C=O) groups excluding carboxylic acids is 2. The number of amides is 1. The van der Waals surface area contributed by atoms with Crippen molar-refractivity contribution in [2.24, 2.45) is 11.7 Å². The summed E-state index contributed by atoms with van der Waals surface area (Å²) in [4.78, 5) is 32.8. The Morgan fingerprint density at radius 1 is 1.18 bits per heavy atom. The third-order valence-electron chi connectivity index (χ3n) is 3.85. The van der Waals surface area contributed by atoms with Gasteiger partial charge >= 0.3 is 18.1 Å². The summed E-state index contributed by atoms with van der Waals surface area (Å²) in [5.41, 5.74) is 5.89. The van der Waals surface area contributed by atoms with E-state index < -0.39 is 18.1 Å². The second kappa shape index (κ2) is 12.2. The van der Waals surface area contributed by atoms with Crippen molar-refractivity contribution in [3.63, 3.8) is 0 Å². The number of halogens is 3. The van der Waals surface area contributed by atoms with Crippen molar-refractivity contribution in [1.82, 2.24) is 5.32 Å². The second-order valence-corrected chi connectivity index (χ2v) is 6.52. The fourth-order valence-corrected chi connectivity index (χ4v) is 2.21. The van der Waals surface area contributed by atoms with Crippen LogP contribution in [0.1, 0.15) is 28.8 Å². The predicted molar refractivity (Wildman–Crippen MR) is 108 cm³/mol. The number of carbonyl (C=O) groups is 3. The number of carboxylic acid groups (broad SMARTS) is 1. The second-order valence-electron chi connectivity index (χ2n) is 6.52. The Morgan fingerprint density at radius 3 is 2.24 bits per heavy atom. The van der Waals surface area contributed by atoms with Gasteiger partial charge in [-0.15, -0.1) is 0 Å². The first kappa shape index (κ1) is 27.2. The largest absolute Gasteiger partial charge is 0.490 e. The monoisotopic (exact) mass is 473 g/mol. The highest BCUT2D eigenvalue weighted by Crippen LogP contribution is 2.17. The molecule has 2 aromatic rings. The first-order valence-corrected chi connectivity index (χ1v) is 9.29. The van der Waals surface area contributed by atoms with Crippen molar-refractivity contribution in [3.8, 4) is 5.75 Å². The topological polar surface area (TPSA) is 176 Å². The number of hydrogen-bond acceptors (Lipinski definition) is 7. The smallest absolute Gasteiger partial charge is 0.475 e. The summed E-state index contributed by atoms with van der Waals surface area (Å²) in [6.45, 7) is 1.80. The highest BCUT2D eigenvalue weighted by atomic mass is 19.4. The van der Waals surface area contributed by atoms with Crippen molar-refractivity contribution in [3.05, 3.63) is 53.5 Å². The molecule has 10 nitrogen and oxygen atoms in total. The molecule has 6 N–H and O–H groups in total. The molecule has 1 heterocycles. The molecule has 0 aliphatic heterocycles. The van der Waals surface area contributed by atoms with Crippen LogP contribution in [0.3, 0.4) is 0 Å². The lowest BCUT2D eigenvalue weighted by Crippen LogP contribution is -2.32. The van der Waals surface area contributed by atoms with Crippen LogP contribution in [0.25, 0.3) is 0 Å². The Morgan fingerprint density at radius 2 is 1.76 bits per heavy atom. The van der Waals surface area contributed by atoms with Gasteiger partial charge in [-0.1, -0.05) is 6.92 Å². The molecular weight excluding hydrogens is 451 g/mol. The first-order chi connectivity index (χ1) is 15.3. The molecule has 1 amide bonds. The zero-order chi connectivity index (χ0) is 25.2. The van der Waals surface area contributed by atoms with E-state index in [4.69, 9.17) is 35.3 Å². The quantitative estimate of drug-likeness (QED) is 0.167. The van der Waals surface area contributed by atoms with Gasteiger partial charge in [-0.3, -0.25) is 10.2 Å². The van der Waals surface area contributed by atoms with Gasteiger partial charge in [-0.25, -0.2) is 9.59 Å². The van der Waals surface area contributed by atoms with Crippen molar-refractivity contribution in [2.75, 3.05) is 13.2 Å². The SMILES string of the molecule is CC(Cc1ccc(C(=O)Oc2ccc(C(=N)N)cc2)o1)C(=O)NCCO.O=C(O)C(F)(F)F. The Balaban J connectivity index is 0.000000675. The minimum Gasteiger partial charge on any atom is -0.475 e. The van der Waals surface area contributed by atoms with Gasteiger partial charge in [0.05, 0.1) is 6.61 Å². The van der Waals surface area contributed by atoms with Crippen LogP contribution < -0.4 is 15.8 Å². The molecule has 0 spiro atoms. The molecule has 0 aliphatic carbocycles. The number of benzene rings is 1. The standard InChI is InChI=1S/C18H21N3O5.C2HF3O2/c1-11(17(23)21-8-9-22)10-14-6-7-15(25-14)18(24)26-13-4-2-12(3-5-13)16(19)20;3-2(4,5)1(6)7/h2-7,11,22H,8-10H2,1H3,(H3,19,20)(H,21,23);(H,6,7). The molecule has 180 valence electrons. The molecule has 0 saturated heterocycles. The Hall–Kier alpha value is -3.87. The zero-order valence-corrected chi connectivity index (χ0v) is 17.3. The van der Waals surface area contributed by atoms with Crippen LogP contribution in [-0.4, -0.2) is 53.2 Å². The molecule has 1 unspecified atom stereocenters. The van der Waals surface area contributed by atoms with Crippen LogP contribution in [0.4, 0.5) is 13.2 Å². The van der Waals surface area contributed by atoms with Gasteiger partial charge in [-0.2, -0.15) is 13.2 Å². The average Bonchev–Trinajstić information content (AvgIpc) is 3.20. The number of aliphatic carboxylic acids is 1. The Labute approximate surface area is 185 Å². The minimum atomic E-state index is -5.08. The van der Waals surface area contributed by atoms with Gasteiger partial charge in [0.1, 0.15) is 17.3 Å². The van der Waals surface area contributed by atoms with Crippen LogP contribution in [0.15, 0.2) is 40.8 Å². The van der Waals surface area contributed by atoms with E-state index in [1.165, 1.54) is 18.2 Å². The minimum absolute atomic E-state index is 0.0265. The van der Waals surface area contributed by atoms with Gasteiger partial charge in [0.25, 0.3) is 0 Å². The lowest BCUT2D eigenvalue weighted by molar-refractivity contribution is -0.192. The van der Waals surface area contributed by atoms with Crippen LogP contribution in [0.2, 0.25) is 0 Å². The summed E-state index contributed by atoms with van der Waals surface area (Å²) in [6, 6.07) is 9.32. The van der Waals surface area contributed by atoms with Crippen molar-refractivity contribution in [2.45, 2.75) is 19.5 Å². The van der Waals surface area contributed by atoms with Crippen LogP contribution in [-0.2, 0) is 16.0 Å². The van der Waals surface area contributed by atoms with E-state index in [0.717, 1.165) is 0 Å². The predicted octanol–water partition coefficient (Wildman–Crippen LogP) is 1.70. The van der Waals surface area contributed by atoms with E-state index in [-0.39, 0.29) is 36.6 Å². The Kier molecular flexibility index (Phi) is 10.1. The number of alkyl halides is 3. The summed E-state index contributed by atoms with van der Waals surface area (Å²) in [6.07, 6.45) is -4.77. The van der Waals surface area contributed by atoms with Gasteiger partial charge in [0, 0.05) is 24.4 Å². The molecule has 0 aliphatic rings. The third kappa shape index (κ3) is 9.43. The van der Waals surface area contributed by atoms with Gasteiger partial charge < -0.3 is 30.4 Å². The molecule has 0 saturated carbocycles. The maximum atomic E-state index is 12.1. The highest BCUT2D eigenvalue weighted by molar-refractivity contribution is 5.95. The Bertz CT molecular complexity index is 972. The third-order valence-corrected chi connectivity index (χ3v) is 3.85. The van der Waals surface area contributed by atoms with Crippen molar-refractivity contribution in [1.29, 1.82) is 5.41 Å². The molecule has 0 fully saturated rings. The number of nitrogen functional groups attached to an aromatic ring is 1. The number of amidine groups is 1. The molecule has 2 rings (SSSR count). The molecule has 0 radical (unpaired) electrons. The fourth-order valence-electron chi connectivity index (χ4n) is 2.21. The average molecular weight is 473 g/mol. The zero-order valence-electron chi connectivity index (χ0n) is 17.3. The fraction of sp³-hybridized carbons (Fsp3) is 0.300. The number of nitrogens with two attached hydrogens (primary N) is 1. The molecule has 1 atom stereocenters. The van der Waals surface area contributed by atoms with Crippen LogP contribution in [0.5, 0.6) is 5.75 Å². The van der Waals surface area contributed by atoms with Crippen LogP contribution in [0, 0.1) is 11.3 Å². The number of rotatable bonds is 8. The van der Waals surface area contributed by atoms with E-state index in [0.29, 0.717) is 23.5 Å². The van der Waals surface area contributed by atoms with E-state index in [9.17, 15) is 22.8 Å². The molecule has 0 bridgehead atoms. The first-order valence-electron chi connectivity index (χ1n) is 9.29. The number of esters is 1.